The molecule has 0 amide bonds. The molecule has 0 aliphatic carbocycles. The van der Waals surface area contributed by atoms with Gasteiger partial charge in [0.2, 0.25) is 0 Å². The molecule has 0 aromatic carbocycles. The van der Waals surface area contributed by atoms with Crippen molar-refractivity contribution in [1.29, 1.82) is 0 Å². The molecular weight excluding hydrogens is 223 g/mol. The molecule has 1 aliphatic heterocycles. The fourth-order valence-corrected chi connectivity index (χ4v) is 2.23. The summed E-state index contributed by atoms with van der Waals surface area (Å²) in [5, 5.41) is 8.83. The third-order valence-corrected chi connectivity index (χ3v) is 2.94. The third-order valence-electron chi connectivity index (χ3n) is 2.94. The van der Waals surface area contributed by atoms with Gasteiger partial charge in [0, 0.05) is 18.4 Å². The van der Waals surface area contributed by atoms with E-state index in [1.165, 1.54) is 16.7 Å². The maximum Gasteiger partial charge on any atom is 0.398 e. The Labute approximate surface area is 89.5 Å². The Balaban J connectivity index is 2.45. The van der Waals surface area contributed by atoms with Gasteiger partial charge in [-0.3, -0.25) is 4.79 Å². The number of alkyl halides is 3. The Morgan fingerprint density at radius 3 is 2.75 bits per heavy atom. The van der Waals surface area contributed by atoms with Crippen LogP contribution in [0.15, 0.2) is 18.3 Å². The molecule has 1 aromatic heterocycles. The number of hydrogen-bond donors (Lipinski definition) is 1. The van der Waals surface area contributed by atoms with E-state index < -0.39 is 24.0 Å². The molecule has 16 heavy (non-hydrogen) atoms. The minimum absolute atomic E-state index is 0.0151. The van der Waals surface area contributed by atoms with E-state index in [0.717, 1.165) is 0 Å². The van der Waals surface area contributed by atoms with Crippen molar-refractivity contribution in [2.45, 2.75) is 25.1 Å². The first-order valence-electron chi connectivity index (χ1n) is 4.86. The standard InChI is InChI=1S/C10H10F3NO2/c11-10(12,13)8-6(9(15)16)3-5-14-4-1-2-7(8)14/h1-2,4,6,8H,3,5H2,(H,15,16)/t6-,8-/m0/s1. The van der Waals surface area contributed by atoms with Gasteiger partial charge >= 0.3 is 12.1 Å². The molecule has 88 valence electrons. The quantitative estimate of drug-likeness (QED) is 0.808. The monoisotopic (exact) mass is 233 g/mol. The molecule has 2 heterocycles. The lowest BCUT2D eigenvalue weighted by molar-refractivity contribution is -0.179. The highest BCUT2D eigenvalue weighted by molar-refractivity contribution is 5.71. The van der Waals surface area contributed by atoms with E-state index in [1.807, 2.05) is 0 Å². The normalized spacial score (nSPS) is 25.2. The maximum atomic E-state index is 12.8. The summed E-state index contributed by atoms with van der Waals surface area (Å²) in [5.74, 6) is -4.65. The Bertz CT molecular complexity index is 410. The maximum absolute atomic E-state index is 12.8. The van der Waals surface area contributed by atoms with Crippen LogP contribution >= 0.6 is 0 Å². The first kappa shape index (κ1) is 11.0. The number of nitrogens with zero attached hydrogens (tertiary/aromatic N) is 1. The summed E-state index contributed by atoms with van der Waals surface area (Å²) in [6.45, 7) is 0.325. The van der Waals surface area contributed by atoms with E-state index in [0.29, 0.717) is 6.54 Å². The van der Waals surface area contributed by atoms with Crippen LogP contribution in [-0.4, -0.2) is 21.8 Å². The number of hydrogen-bond acceptors (Lipinski definition) is 1. The number of fused-ring (bicyclic) bond motifs is 1. The summed E-state index contributed by atoms with van der Waals surface area (Å²) in [5.41, 5.74) is 0.0474. The molecule has 6 heteroatoms. The van der Waals surface area contributed by atoms with Gasteiger partial charge in [0.05, 0.1) is 5.92 Å². The van der Waals surface area contributed by atoms with Crippen molar-refractivity contribution in [2.24, 2.45) is 5.92 Å². The predicted molar refractivity (Wildman–Crippen MR) is 49.0 cm³/mol. The molecule has 0 saturated heterocycles. The molecule has 2 atom stereocenters. The van der Waals surface area contributed by atoms with E-state index in [4.69, 9.17) is 5.11 Å². The third kappa shape index (κ3) is 1.68. The first-order chi connectivity index (χ1) is 7.41. The fourth-order valence-electron chi connectivity index (χ4n) is 2.23. The molecule has 0 bridgehead atoms. The van der Waals surface area contributed by atoms with Gasteiger partial charge in [-0.2, -0.15) is 13.2 Å². The van der Waals surface area contributed by atoms with Crippen molar-refractivity contribution in [3.63, 3.8) is 0 Å². The van der Waals surface area contributed by atoms with Crippen molar-refractivity contribution in [1.82, 2.24) is 4.57 Å². The lowest BCUT2D eigenvalue weighted by Gasteiger charge is -2.31. The fraction of sp³-hybridized carbons (Fsp3) is 0.500. The van der Waals surface area contributed by atoms with Crippen LogP contribution in [0.5, 0.6) is 0 Å². The molecule has 0 unspecified atom stereocenters. The van der Waals surface area contributed by atoms with Gasteiger partial charge in [-0.1, -0.05) is 0 Å². The van der Waals surface area contributed by atoms with Crippen LogP contribution in [0, 0.1) is 5.92 Å². The van der Waals surface area contributed by atoms with Gasteiger partial charge in [0.25, 0.3) is 0 Å². The number of carboxylic acid groups (broad SMARTS) is 1. The molecule has 0 fully saturated rings. The summed E-state index contributed by atoms with van der Waals surface area (Å²) >= 11 is 0. The molecular formula is C10H10F3NO2. The van der Waals surface area contributed by atoms with Crippen LogP contribution in [-0.2, 0) is 11.3 Å². The van der Waals surface area contributed by atoms with Gasteiger partial charge in [-0.05, 0) is 18.6 Å². The number of aromatic nitrogens is 1. The highest BCUT2D eigenvalue weighted by Gasteiger charge is 2.51. The summed E-state index contributed by atoms with van der Waals surface area (Å²) in [6.07, 6.45) is -2.95. The average Bonchev–Trinajstić information content (AvgIpc) is 2.61. The predicted octanol–water partition coefficient (Wildman–Crippen LogP) is 2.24. The number of aryl methyl sites for hydroxylation is 1. The first-order valence-corrected chi connectivity index (χ1v) is 4.86. The highest BCUT2D eigenvalue weighted by Crippen LogP contribution is 2.44. The Morgan fingerprint density at radius 2 is 2.19 bits per heavy atom. The number of rotatable bonds is 1. The van der Waals surface area contributed by atoms with Crippen LogP contribution in [0.1, 0.15) is 18.0 Å². The Kier molecular flexibility index (Phi) is 2.44. The zero-order valence-corrected chi connectivity index (χ0v) is 8.24. The SMILES string of the molecule is O=C(O)[C@H]1CCn2cccc2[C@H]1C(F)(F)F. The van der Waals surface area contributed by atoms with Crippen molar-refractivity contribution in [3.8, 4) is 0 Å². The van der Waals surface area contributed by atoms with Gasteiger partial charge in [-0.15, -0.1) is 0 Å². The van der Waals surface area contributed by atoms with Crippen molar-refractivity contribution >= 4 is 5.97 Å². The van der Waals surface area contributed by atoms with Crippen molar-refractivity contribution < 1.29 is 23.1 Å². The summed E-state index contributed by atoms with van der Waals surface area (Å²) < 4.78 is 40.0. The second kappa shape index (κ2) is 3.54. The van der Waals surface area contributed by atoms with Crippen LogP contribution in [0.25, 0.3) is 0 Å². The van der Waals surface area contributed by atoms with E-state index >= 15 is 0 Å². The number of aliphatic carboxylic acids is 1. The number of carbonyl (C=O) groups is 1. The van der Waals surface area contributed by atoms with Crippen molar-refractivity contribution in [2.75, 3.05) is 0 Å². The van der Waals surface area contributed by atoms with Crippen LogP contribution in [0.3, 0.4) is 0 Å². The van der Waals surface area contributed by atoms with E-state index in [9.17, 15) is 18.0 Å². The van der Waals surface area contributed by atoms with E-state index in [2.05, 4.69) is 0 Å². The summed E-state index contributed by atoms with van der Waals surface area (Å²) in [4.78, 5) is 10.8. The zero-order chi connectivity index (χ0) is 11.9. The van der Waals surface area contributed by atoms with E-state index in [1.54, 1.807) is 6.20 Å². The van der Waals surface area contributed by atoms with E-state index in [-0.39, 0.29) is 12.1 Å². The molecule has 1 aromatic rings. The van der Waals surface area contributed by atoms with Gasteiger partial charge in [0.1, 0.15) is 5.92 Å². The van der Waals surface area contributed by atoms with Crippen LogP contribution in [0.4, 0.5) is 13.2 Å². The highest BCUT2D eigenvalue weighted by atomic mass is 19.4. The van der Waals surface area contributed by atoms with Crippen LogP contribution < -0.4 is 0 Å². The molecule has 0 radical (unpaired) electrons. The summed E-state index contributed by atoms with van der Waals surface area (Å²) in [6, 6.07) is 2.85. The van der Waals surface area contributed by atoms with Crippen LogP contribution in [0.2, 0.25) is 0 Å². The molecule has 2 rings (SSSR count). The molecule has 3 nitrogen and oxygen atoms in total. The van der Waals surface area contributed by atoms with Crippen molar-refractivity contribution in [3.05, 3.63) is 24.0 Å². The lowest BCUT2D eigenvalue weighted by atomic mass is 9.84. The Hall–Kier alpha value is -1.46. The number of carboxylic acids is 1. The number of halogens is 3. The topological polar surface area (TPSA) is 42.2 Å². The Morgan fingerprint density at radius 1 is 1.50 bits per heavy atom. The molecule has 0 spiro atoms. The lowest BCUT2D eigenvalue weighted by Crippen LogP contribution is -2.38. The second-order valence-corrected chi connectivity index (χ2v) is 3.88. The van der Waals surface area contributed by atoms with Gasteiger partial charge < -0.3 is 9.67 Å². The molecule has 0 saturated carbocycles. The van der Waals surface area contributed by atoms with Gasteiger partial charge in [-0.25, -0.2) is 0 Å². The summed E-state index contributed by atoms with van der Waals surface area (Å²) in [7, 11) is 0. The second-order valence-electron chi connectivity index (χ2n) is 3.88. The largest absolute Gasteiger partial charge is 0.481 e. The minimum Gasteiger partial charge on any atom is -0.481 e. The molecule has 1 aliphatic rings. The average molecular weight is 233 g/mol. The molecule has 1 N–H and O–H groups in total. The minimum atomic E-state index is -4.51. The van der Waals surface area contributed by atoms with Gasteiger partial charge in [0.15, 0.2) is 0 Å². The smallest absolute Gasteiger partial charge is 0.398 e. The zero-order valence-electron chi connectivity index (χ0n) is 8.24.